The zero-order chi connectivity index (χ0) is 35.3. The minimum Gasteiger partial charge on any atom is -0.463 e. The summed E-state index contributed by atoms with van der Waals surface area (Å²) in [6.07, 6.45) is 24.3. The molecule has 0 aliphatic rings. The van der Waals surface area contributed by atoms with E-state index in [0.717, 1.165) is 58.2 Å². The summed E-state index contributed by atoms with van der Waals surface area (Å²) in [5, 5.41) is 0. The third-order valence-corrected chi connectivity index (χ3v) is 8.99. The molecule has 0 aromatic rings. The number of hydrogen-bond acceptors (Lipinski definition) is 8. The molecule has 1 unspecified atom stereocenters. The normalized spacial score (nSPS) is 12.1. The fourth-order valence-corrected chi connectivity index (χ4v) is 5.75. The van der Waals surface area contributed by atoms with E-state index in [4.69, 9.17) is 23.7 Å². The molecule has 0 fully saturated rings. The van der Waals surface area contributed by atoms with E-state index >= 15 is 0 Å². The average molecular weight is 686 g/mol. The molecule has 0 radical (unpaired) electrons. The predicted octanol–water partition coefficient (Wildman–Crippen LogP) is 11.2. The molecule has 0 saturated carbocycles. The molecule has 1 atom stereocenters. The summed E-state index contributed by atoms with van der Waals surface area (Å²) >= 11 is 0. The highest BCUT2D eigenvalue weighted by Crippen LogP contribution is 2.15. The summed E-state index contributed by atoms with van der Waals surface area (Å²) in [6.45, 7) is 15.6. The Hall–Kier alpha value is -1.38. The van der Waals surface area contributed by atoms with Crippen molar-refractivity contribution >= 4 is 12.1 Å². The van der Waals surface area contributed by atoms with E-state index in [2.05, 4.69) is 39.5 Å². The minimum atomic E-state index is -0.941. The Balaban J connectivity index is 4.77. The number of unbranched alkanes of at least 4 members (excludes halogenated alkanes) is 17. The van der Waals surface area contributed by atoms with Crippen molar-refractivity contribution in [1.82, 2.24) is 4.90 Å². The van der Waals surface area contributed by atoms with Crippen LogP contribution >= 0.6 is 0 Å². The van der Waals surface area contributed by atoms with Gasteiger partial charge in [-0.25, -0.2) is 9.59 Å². The van der Waals surface area contributed by atoms with Crippen molar-refractivity contribution in [1.29, 1.82) is 0 Å². The molecule has 0 spiro atoms. The SMILES string of the molecule is CCCCCCCCCCC(OC(=O)OCCCN(CC)CC)C(=O)OCCCC(OCCCCCCCC)OCCCCCCCC. The summed E-state index contributed by atoms with van der Waals surface area (Å²) in [5.41, 5.74) is 0. The van der Waals surface area contributed by atoms with Crippen molar-refractivity contribution in [3.05, 3.63) is 0 Å². The van der Waals surface area contributed by atoms with Crippen molar-refractivity contribution in [2.45, 2.75) is 201 Å². The fourth-order valence-electron chi connectivity index (χ4n) is 5.75. The second-order valence-corrected chi connectivity index (χ2v) is 13.4. The van der Waals surface area contributed by atoms with Gasteiger partial charge in [0.2, 0.25) is 6.10 Å². The maximum atomic E-state index is 13.1. The Morgan fingerprint density at radius 3 is 1.44 bits per heavy atom. The van der Waals surface area contributed by atoms with E-state index in [1.807, 2.05) is 0 Å². The van der Waals surface area contributed by atoms with Gasteiger partial charge in [-0.15, -0.1) is 0 Å². The quantitative estimate of drug-likeness (QED) is 0.0363. The molecule has 0 saturated heterocycles. The van der Waals surface area contributed by atoms with Gasteiger partial charge in [0.1, 0.15) is 0 Å². The Labute approximate surface area is 297 Å². The Morgan fingerprint density at radius 1 is 0.479 bits per heavy atom. The highest BCUT2D eigenvalue weighted by molar-refractivity contribution is 5.77. The van der Waals surface area contributed by atoms with Gasteiger partial charge in [-0.3, -0.25) is 0 Å². The first-order chi connectivity index (χ1) is 23.5. The van der Waals surface area contributed by atoms with Crippen molar-refractivity contribution in [2.24, 2.45) is 0 Å². The molecule has 0 aromatic carbocycles. The van der Waals surface area contributed by atoms with E-state index in [1.165, 1.54) is 96.3 Å². The zero-order valence-electron chi connectivity index (χ0n) is 32.4. The number of esters is 1. The van der Waals surface area contributed by atoms with Gasteiger partial charge >= 0.3 is 12.1 Å². The molecule has 0 N–H and O–H groups in total. The zero-order valence-corrected chi connectivity index (χ0v) is 32.4. The van der Waals surface area contributed by atoms with E-state index < -0.39 is 18.2 Å². The number of nitrogens with zero attached hydrogens (tertiary/aromatic N) is 1. The van der Waals surface area contributed by atoms with Gasteiger partial charge in [0, 0.05) is 26.2 Å². The molecule has 0 heterocycles. The van der Waals surface area contributed by atoms with E-state index in [1.54, 1.807) is 0 Å². The van der Waals surface area contributed by atoms with Gasteiger partial charge in [0.15, 0.2) is 6.29 Å². The van der Waals surface area contributed by atoms with Crippen LogP contribution in [0.2, 0.25) is 0 Å². The lowest BCUT2D eigenvalue weighted by Gasteiger charge is -2.20. The summed E-state index contributed by atoms with van der Waals surface area (Å²) in [5.74, 6) is -0.490. The first-order valence-corrected chi connectivity index (χ1v) is 20.5. The first kappa shape index (κ1) is 46.6. The van der Waals surface area contributed by atoms with Gasteiger partial charge in [-0.2, -0.15) is 0 Å². The number of ether oxygens (including phenoxy) is 5. The van der Waals surface area contributed by atoms with Crippen LogP contribution in [0, 0.1) is 0 Å². The molecule has 0 aliphatic heterocycles. The van der Waals surface area contributed by atoms with Crippen LogP contribution in [0.15, 0.2) is 0 Å². The second-order valence-electron chi connectivity index (χ2n) is 13.4. The minimum absolute atomic E-state index is 0.242. The van der Waals surface area contributed by atoms with Gasteiger partial charge in [-0.1, -0.05) is 144 Å². The molecule has 0 bridgehead atoms. The summed E-state index contributed by atoms with van der Waals surface area (Å²) in [4.78, 5) is 27.8. The van der Waals surface area contributed by atoms with Crippen LogP contribution in [0.1, 0.15) is 189 Å². The van der Waals surface area contributed by atoms with Crippen LogP contribution in [0.5, 0.6) is 0 Å². The lowest BCUT2D eigenvalue weighted by atomic mass is 10.1. The number of carbonyl (C=O) groups is 2. The monoisotopic (exact) mass is 686 g/mol. The number of hydrogen-bond donors (Lipinski definition) is 0. The van der Waals surface area contributed by atoms with Crippen LogP contribution in [-0.2, 0) is 28.5 Å². The molecule has 0 aromatic heterocycles. The van der Waals surface area contributed by atoms with Crippen molar-refractivity contribution in [2.75, 3.05) is 46.1 Å². The summed E-state index contributed by atoms with van der Waals surface area (Å²) < 4.78 is 28.7. The van der Waals surface area contributed by atoms with Crippen LogP contribution in [-0.4, -0.2) is 75.5 Å². The van der Waals surface area contributed by atoms with Crippen molar-refractivity contribution in [3.63, 3.8) is 0 Å². The van der Waals surface area contributed by atoms with Crippen LogP contribution in [0.4, 0.5) is 4.79 Å². The van der Waals surface area contributed by atoms with E-state index in [9.17, 15) is 9.59 Å². The summed E-state index contributed by atoms with van der Waals surface area (Å²) in [7, 11) is 0. The summed E-state index contributed by atoms with van der Waals surface area (Å²) in [6, 6.07) is 0. The highest BCUT2D eigenvalue weighted by atomic mass is 16.7. The fraction of sp³-hybridized carbons (Fsp3) is 0.950. The third-order valence-electron chi connectivity index (χ3n) is 8.99. The standard InChI is InChI=1S/C40H79NO7/c1-6-11-14-17-20-21-22-25-30-37(48-40(43)47-36-29-32-41(9-4)10-5)39(42)46-35-28-31-38(44-33-26-23-18-15-12-7-2)45-34-27-24-19-16-13-8-3/h37-38H,6-36H2,1-5H3. The van der Waals surface area contributed by atoms with Crippen LogP contribution in [0.25, 0.3) is 0 Å². The van der Waals surface area contributed by atoms with Gasteiger partial charge in [-0.05, 0) is 51.6 Å². The van der Waals surface area contributed by atoms with Crippen molar-refractivity contribution < 1.29 is 33.3 Å². The maximum absolute atomic E-state index is 13.1. The first-order valence-electron chi connectivity index (χ1n) is 20.5. The maximum Gasteiger partial charge on any atom is 0.509 e. The molecular formula is C40H79NO7. The van der Waals surface area contributed by atoms with Crippen molar-refractivity contribution in [3.8, 4) is 0 Å². The Kier molecular flexibility index (Phi) is 35.8. The largest absolute Gasteiger partial charge is 0.509 e. The molecule has 0 amide bonds. The molecule has 0 aliphatic carbocycles. The topological polar surface area (TPSA) is 83.5 Å². The predicted molar refractivity (Wildman–Crippen MR) is 198 cm³/mol. The molecule has 8 heteroatoms. The van der Waals surface area contributed by atoms with E-state index in [0.29, 0.717) is 32.5 Å². The Bertz CT molecular complexity index is 670. The number of carbonyl (C=O) groups excluding carboxylic acids is 2. The van der Waals surface area contributed by atoms with Crippen LogP contribution in [0.3, 0.4) is 0 Å². The molecule has 48 heavy (non-hydrogen) atoms. The lowest BCUT2D eigenvalue weighted by molar-refractivity contribution is -0.160. The smallest absolute Gasteiger partial charge is 0.463 e. The third kappa shape index (κ3) is 30.7. The molecule has 286 valence electrons. The van der Waals surface area contributed by atoms with Crippen LogP contribution < -0.4 is 0 Å². The highest BCUT2D eigenvalue weighted by Gasteiger charge is 2.25. The average Bonchev–Trinajstić information content (AvgIpc) is 3.09. The van der Waals surface area contributed by atoms with E-state index in [-0.39, 0.29) is 19.5 Å². The van der Waals surface area contributed by atoms with Gasteiger partial charge in [0.25, 0.3) is 0 Å². The number of rotatable bonds is 37. The van der Waals surface area contributed by atoms with Gasteiger partial charge in [0.05, 0.1) is 13.2 Å². The molecular weight excluding hydrogens is 606 g/mol. The molecule has 8 nitrogen and oxygen atoms in total. The lowest BCUT2D eigenvalue weighted by Crippen LogP contribution is -2.30. The molecule has 0 rings (SSSR count). The van der Waals surface area contributed by atoms with Gasteiger partial charge < -0.3 is 28.6 Å². The second kappa shape index (κ2) is 36.9. The Morgan fingerprint density at radius 2 is 0.938 bits per heavy atom.